The van der Waals surface area contributed by atoms with Gasteiger partial charge in [-0.15, -0.1) is 0 Å². The van der Waals surface area contributed by atoms with Crippen molar-refractivity contribution >= 4 is 11.7 Å². The van der Waals surface area contributed by atoms with Gasteiger partial charge < -0.3 is 20.3 Å². The molecule has 92 valence electrons. The van der Waals surface area contributed by atoms with E-state index >= 15 is 0 Å². The lowest BCUT2D eigenvalue weighted by Gasteiger charge is -2.27. The van der Waals surface area contributed by atoms with Crippen LogP contribution in [0.2, 0.25) is 0 Å². The van der Waals surface area contributed by atoms with E-state index in [9.17, 15) is 4.79 Å². The van der Waals surface area contributed by atoms with Crippen molar-refractivity contribution < 1.29 is 19.7 Å². The zero-order chi connectivity index (χ0) is 12.3. The van der Waals surface area contributed by atoms with E-state index in [1.54, 1.807) is 12.1 Å². The number of benzene rings is 1. The fraction of sp³-hybridized carbons (Fsp3) is 0.417. The molecule has 0 saturated heterocycles. The molecule has 0 radical (unpaired) electrons. The third-order valence-corrected chi connectivity index (χ3v) is 2.74. The van der Waals surface area contributed by atoms with Crippen molar-refractivity contribution in [3.63, 3.8) is 0 Å². The number of carboxylic acid groups (broad SMARTS) is 1. The first-order valence-corrected chi connectivity index (χ1v) is 5.58. The number of fused-ring (bicyclic) bond motifs is 1. The summed E-state index contributed by atoms with van der Waals surface area (Å²) in [6, 6.07) is 4.88. The molecule has 1 aromatic carbocycles. The molecule has 0 aliphatic carbocycles. The van der Waals surface area contributed by atoms with E-state index in [-0.39, 0.29) is 18.2 Å². The number of rotatable bonds is 4. The maximum atomic E-state index is 10.8. The van der Waals surface area contributed by atoms with Crippen molar-refractivity contribution in [2.24, 2.45) is 0 Å². The van der Waals surface area contributed by atoms with Gasteiger partial charge in [0.2, 0.25) is 0 Å². The number of aliphatic hydroxyl groups excluding tert-OH is 1. The van der Waals surface area contributed by atoms with Crippen LogP contribution in [0.5, 0.6) is 5.75 Å². The van der Waals surface area contributed by atoms with Crippen molar-refractivity contribution in [2.75, 3.05) is 18.5 Å². The Labute approximate surface area is 99.0 Å². The zero-order valence-electron chi connectivity index (χ0n) is 9.35. The number of aromatic carboxylic acids is 1. The Morgan fingerprint density at radius 3 is 3.06 bits per heavy atom. The average molecular weight is 237 g/mol. The second-order valence-corrected chi connectivity index (χ2v) is 4.03. The van der Waals surface area contributed by atoms with Crippen LogP contribution in [0, 0.1) is 0 Å². The number of anilines is 1. The highest BCUT2D eigenvalue weighted by atomic mass is 16.5. The molecule has 1 aromatic rings. The normalized spacial score (nSPS) is 17.8. The molecule has 0 aromatic heterocycles. The van der Waals surface area contributed by atoms with Gasteiger partial charge in [0.1, 0.15) is 12.4 Å². The topological polar surface area (TPSA) is 78.8 Å². The minimum Gasteiger partial charge on any atom is -0.489 e. The molecule has 0 saturated carbocycles. The van der Waals surface area contributed by atoms with Gasteiger partial charge >= 0.3 is 5.97 Å². The highest BCUT2D eigenvalue weighted by Crippen LogP contribution is 2.30. The molecule has 1 aliphatic rings. The second kappa shape index (κ2) is 5.05. The third kappa shape index (κ3) is 2.68. The minimum absolute atomic E-state index is 0.124. The van der Waals surface area contributed by atoms with Crippen molar-refractivity contribution in [3.05, 3.63) is 23.8 Å². The number of hydrogen-bond donors (Lipinski definition) is 3. The highest BCUT2D eigenvalue weighted by molar-refractivity contribution is 5.89. The summed E-state index contributed by atoms with van der Waals surface area (Å²) in [6.45, 7) is 0.694. The van der Waals surface area contributed by atoms with Crippen LogP contribution < -0.4 is 10.1 Å². The van der Waals surface area contributed by atoms with Gasteiger partial charge in [0, 0.05) is 6.61 Å². The number of carboxylic acids is 1. The predicted molar refractivity (Wildman–Crippen MR) is 62.6 cm³/mol. The second-order valence-electron chi connectivity index (χ2n) is 4.03. The van der Waals surface area contributed by atoms with Gasteiger partial charge in [0.25, 0.3) is 0 Å². The number of carbonyl (C=O) groups is 1. The lowest BCUT2D eigenvalue weighted by molar-refractivity contribution is 0.0697. The van der Waals surface area contributed by atoms with Crippen molar-refractivity contribution in [3.8, 4) is 5.75 Å². The molecule has 0 bridgehead atoms. The van der Waals surface area contributed by atoms with E-state index in [0.717, 1.165) is 6.42 Å². The summed E-state index contributed by atoms with van der Waals surface area (Å²) in [5.41, 5.74) is 0.946. The first-order chi connectivity index (χ1) is 8.20. The number of nitrogens with one attached hydrogen (secondary N) is 1. The predicted octanol–water partition coefficient (Wildman–Crippen LogP) is 1.33. The van der Waals surface area contributed by atoms with Gasteiger partial charge in [-0.2, -0.15) is 0 Å². The Morgan fingerprint density at radius 1 is 1.53 bits per heavy atom. The average Bonchev–Trinajstić information content (AvgIpc) is 2.35. The van der Waals surface area contributed by atoms with E-state index in [4.69, 9.17) is 14.9 Å². The fourth-order valence-corrected chi connectivity index (χ4v) is 1.85. The summed E-state index contributed by atoms with van der Waals surface area (Å²) in [6.07, 6.45) is 1.50. The molecule has 2 rings (SSSR count). The van der Waals surface area contributed by atoms with Crippen LogP contribution in [0.25, 0.3) is 0 Å². The Bertz CT molecular complexity index is 419. The van der Waals surface area contributed by atoms with E-state index in [2.05, 4.69) is 5.32 Å². The highest BCUT2D eigenvalue weighted by Gasteiger charge is 2.19. The molecule has 5 heteroatoms. The van der Waals surface area contributed by atoms with Crippen molar-refractivity contribution in [1.29, 1.82) is 0 Å². The first kappa shape index (κ1) is 11.7. The molecule has 1 atom stereocenters. The molecular weight excluding hydrogens is 222 g/mol. The van der Waals surface area contributed by atoms with Gasteiger partial charge in [0.15, 0.2) is 0 Å². The van der Waals surface area contributed by atoms with Gasteiger partial charge in [-0.3, -0.25) is 0 Å². The summed E-state index contributed by atoms with van der Waals surface area (Å²) < 4.78 is 5.53. The third-order valence-electron chi connectivity index (χ3n) is 2.74. The van der Waals surface area contributed by atoms with E-state index in [1.165, 1.54) is 6.07 Å². The lowest BCUT2D eigenvalue weighted by Crippen LogP contribution is -2.31. The molecule has 0 amide bonds. The van der Waals surface area contributed by atoms with E-state index < -0.39 is 5.97 Å². The summed E-state index contributed by atoms with van der Waals surface area (Å²) in [5.74, 6) is -0.276. The van der Waals surface area contributed by atoms with Crippen LogP contribution in [0.4, 0.5) is 5.69 Å². The Hall–Kier alpha value is -1.75. The Balaban J connectivity index is 2.12. The minimum atomic E-state index is -0.952. The fourth-order valence-electron chi connectivity index (χ4n) is 1.85. The summed E-state index contributed by atoms with van der Waals surface area (Å²) in [4.78, 5) is 10.8. The van der Waals surface area contributed by atoms with Crippen LogP contribution in [0.15, 0.2) is 18.2 Å². The molecular formula is C12H15NO4. The number of ether oxygens (including phenoxy) is 1. The number of aliphatic hydroxyl groups is 1. The standard InChI is InChI=1S/C12H15NO4/c14-5-1-2-9-7-17-11-4-3-8(12(15)16)6-10(11)13-9/h3-4,6,9,13-14H,1-2,5,7H2,(H,15,16). The van der Waals surface area contributed by atoms with Gasteiger partial charge in [0.05, 0.1) is 17.3 Å². The van der Waals surface area contributed by atoms with E-state index in [0.29, 0.717) is 24.5 Å². The molecule has 17 heavy (non-hydrogen) atoms. The Morgan fingerprint density at radius 2 is 2.35 bits per heavy atom. The van der Waals surface area contributed by atoms with Gasteiger partial charge in [-0.1, -0.05) is 0 Å². The lowest BCUT2D eigenvalue weighted by atomic mass is 10.1. The molecule has 0 fully saturated rings. The first-order valence-electron chi connectivity index (χ1n) is 5.58. The summed E-state index contributed by atoms with van der Waals surface area (Å²) in [7, 11) is 0. The number of hydrogen-bond acceptors (Lipinski definition) is 4. The summed E-state index contributed by atoms with van der Waals surface area (Å²) in [5, 5.41) is 20.9. The van der Waals surface area contributed by atoms with Gasteiger partial charge in [-0.05, 0) is 31.0 Å². The quantitative estimate of drug-likeness (QED) is 0.736. The van der Waals surface area contributed by atoms with Crippen molar-refractivity contribution in [1.82, 2.24) is 0 Å². The maximum Gasteiger partial charge on any atom is 0.335 e. The smallest absolute Gasteiger partial charge is 0.335 e. The molecule has 1 heterocycles. The Kier molecular flexibility index (Phi) is 3.49. The maximum absolute atomic E-state index is 10.8. The van der Waals surface area contributed by atoms with E-state index in [1.807, 2.05) is 0 Å². The largest absolute Gasteiger partial charge is 0.489 e. The van der Waals surface area contributed by atoms with Gasteiger partial charge in [-0.25, -0.2) is 4.79 Å². The van der Waals surface area contributed by atoms with Crippen LogP contribution in [0.1, 0.15) is 23.2 Å². The summed E-state index contributed by atoms with van der Waals surface area (Å²) >= 11 is 0. The molecule has 5 nitrogen and oxygen atoms in total. The molecule has 1 aliphatic heterocycles. The monoisotopic (exact) mass is 237 g/mol. The van der Waals surface area contributed by atoms with Crippen LogP contribution in [-0.2, 0) is 0 Å². The van der Waals surface area contributed by atoms with Crippen molar-refractivity contribution in [2.45, 2.75) is 18.9 Å². The molecule has 3 N–H and O–H groups in total. The van der Waals surface area contributed by atoms with Crippen LogP contribution in [-0.4, -0.2) is 35.4 Å². The molecule has 0 spiro atoms. The zero-order valence-corrected chi connectivity index (χ0v) is 9.35. The van der Waals surface area contributed by atoms with Crippen LogP contribution >= 0.6 is 0 Å². The van der Waals surface area contributed by atoms with Crippen LogP contribution in [0.3, 0.4) is 0 Å². The SMILES string of the molecule is O=C(O)c1ccc2c(c1)NC(CCCO)CO2. The molecule has 1 unspecified atom stereocenters.